The van der Waals surface area contributed by atoms with Crippen molar-refractivity contribution in [2.75, 3.05) is 13.7 Å². The van der Waals surface area contributed by atoms with Gasteiger partial charge in [0.05, 0.1) is 18.7 Å². The first-order valence-electron chi connectivity index (χ1n) is 8.72. The second-order valence-electron chi connectivity index (χ2n) is 6.61. The number of carbonyl (C=O) groups is 1. The number of rotatable bonds is 5. The van der Waals surface area contributed by atoms with Crippen molar-refractivity contribution in [3.05, 3.63) is 63.6 Å². The Kier molecular flexibility index (Phi) is 6.00. The van der Waals surface area contributed by atoms with Gasteiger partial charge < -0.3 is 9.84 Å². The number of aliphatic carboxylic acids is 1. The zero-order valence-electron chi connectivity index (χ0n) is 15.0. The number of nitrogens with zero attached hydrogens (tertiary/aromatic N) is 1. The van der Waals surface area contributed by atoms with E-state index >= 15 is 0 Å². The lowest BCUT2D eigenvalue weighted by Crippen LogP contribution is -2.40. The molecule has 0 spiro atoms. The van der Waals surface area contributed by atoms with E-state index in [4.69, 9.17) is 4.74 Å². The molecule has 1 N–H and O–H groups in total. The number of hydrogen-bond acceptors (Lipinski definition) is 3. The monoisotopic (exact) mass is 457 g/mol. The Labute approximate surface area is 169 Å². The molecule has 2 unspecified atom stereocenters. The minimum absolute atomic E-state index is 0.0135. The lowest BCUT2D eigenvalue weighted by Gasteiger charge is -2.34. The van der Waals surface area contributed by atoms with Crippen LogP contribution < -0.4 is 4.74 Å². The molecule has 1 saturated heterocycles. The molecule has 0 saturated carbocycles. The van der Waals surface area contributed by atoms with Crippen molar-refractivity contribution in [2.24, 2.45) is 0 Å². The molecule has 0 radical (unpaired) electrons. The fourth-order valence-corrected chi connectivity index (χ4v) is 4.18. The summed E-state index contributed by atoms with van der Waals surface area (Å²) >= 11 is 3.36. The first kappa shape index (κ1) is 20.7. The smallest absolute Gasteiger partial charge is 0.416 e. The van der Waals surface area contributed by atoms with Crippen LogP contribution >= 0.6 is 15.9 Å². The maximum atomic E-state index is 13.8. The maximum Gasteiger partial charge on any atom is 0.416 e. The molecular weight excluding hydrogens is 439 g/mol. The number of halogens is 4. The van der Waals surface area contributed by atoms with Crippen LogP contribution in [-0.2, 0) is 11.0 Å². The SMILES string of the molecule is COc1ccc(Br)cc1C(c1ccccc1C(F)(F)F)N1CCCC1C(=O)O. The van der Waals surface area contributed by atoms with E-state index in [0.29, 0.717) is 35.2 Å². The summed E-state index contributed by atoms with van der Waals surface area (Å²) in [5.41, 5.74) is -0.278. The third-order valence-electron chi connectivity index (χ3n) is 4.96. The molecule has 3 rings (SSSR count). The Morgan fingerprint density at radius 1 is 1.25 bits per heavy atom. The lowest BCUT2D eigenvalue weighted by molar-refractivity contribution is -0.143. The predicted molar refractivity (Wildman–Crippen MR) is 101 cm³/mol. The van der Waals surface area contributed by atoms with Crippen LogP contribution in [0.2, 0.25) is 0 Å². The van der Waals surface area contributed by atoms with Crippen LogP contribution in [0.3, 0.4) is 0 Å². The maximum absolute atomic E-state index is 13.8. The van der Waals surface area contributed by atoms with Crippen molar-refractivity contribution in [3.63, 3.8) is 0 Å². The summed E-state index contributed by atoms with van der Waals surface area (Å²) in [4.78, 5) is 13.4. The first-order valence-corrected chi connectivity index (χ1v) is 9.51. The minimum Gasteiger partial charge on any atom is -0.496 e. The van der Waals surface area contributed by atoms with Gasteiger partial charge in [-0.25, -0.2) is 0 Å². The van der Waals surface area contributed by atoms with Gasteiger partial charge in [-0.15, -0.1) is 0 Å². The van der Waals surface area contributed by atoms with Gasteiger partial charge in [-0.3, -0.25) is 9.69 Å². The van der Waals surface area contributed by atoms with Gasteiger partial charge in [-0.1, -0.05) is 34.1 Å². The zero-order valence-corrected chi connectivity index (χ0v) is 16.6. The van der Waals surface area contributed by atoms with Crippen molar-refractivity contribution < 1.29 is 27.8 Å². The molecule has 1 fully saturated rings. The molecule has 8 heteroatoms. The van der Waals surface area contributed by atoms with Gasteiger partial charge in [-0.2, -0.15) is 13.2 Å². The van der Waals surface area contributed by atoms with E-state index in [1.54, 1.807) is 23.1 Å². The number of carboxylic acid groups (broad SMARTS) is 1. The molecule has 0 aromatic heterocycles. The van der Waals surface area contributed by atoms with Crippen LogP contribution in [0.25, 0.3) is 0 Å². The average molecular weight is 458 g/mol. The highest BCUT2D eigenvalue weighted by Gasteiger charge is 2.42. The molecule has 150 valence electrons. The molecule has 2 aromatic carbocycles. The highest BCUT2D eigenvalue weighted by Crippen LogP contribution is 2.44. The largest absolute Gasteiger partial charge is 0.496 e. The number of ether oxygens (including phenoxy) is 1. The number of alkyl halides is 3. The van der Waals surface area contributed by atoms with Gasteiger partial charge in [-0.05, 0) is 42.7 Å². The van der Waals surface area contributed by atoms with Gasteiger partial charge in [0, 0.05) is 16.6 Å². The topological polar surface area (TPSA) is 49.8 Å². The summed E-state index contributed by atoms with van der Waals surface area (Å²) in [5.74, 6) is -0.637. The van der Waals surface area contributed by atoms with Gasteiger partial charge >= 0.3 is 12.1 Å². The van der Waals surface area contributed by atoms with Crippen LogP contribution in [0.15, 0.2) is 46.9 Å². The number of carboxylic acids is 1. The summed E-state index contributed by atoms with van der Waals surface area (Å²) in [6, 6.07) is 8.61. The summed E-state index contributed by atoms with van der Waals surface area (Å²) in [5, 5.41) is 9.63. The van der Waals surface area contributed by atoms with Crippen LogP contribution in [0.1, 0.15) is 35.6 Å². The van der Waals surface area contributed by atoms with Crippen LogP contribution in [-0.4, -0.2) is 35.7 Å². The number of hydrogen-bond donors (Lipinski definition) is 1. The Bertz CT molecular complexity index is 872. The minimum atomic E-state index is -4.56. The molecule has 2 atom stereocenters. The molecule has 2 aromatic rings. The second kappa shape index (κ2) is 8.13. The van der Waals surface area contributed by atoms with Crippen molar-refractivity contribution in [2.45, 2.75) is 31.1 Å². The normalized spacial score (nSPS) is 18.8. The average Bonchev–Trinajstić information content (AvgIpc) is 3.11. The Hall–Kier alpha value is -2.06. The van der Waals surface area contributed by atoms with E-state index in [9.17, 15) is 23.1 Å². The van der Waals surface area contributed by atoms with E-state index in [0.717, 1.165) is 6.07 Å². The Morgan fingerprint density at radius 2 is 1.96 bits per heavy atom. The fourth-order valence-electron chi connectivity index (χ4n) is 3.80. The highest BCUT2D eigenvalue weighted by atomic mass is 79.9. The molecule has 0 bridgehead atoms. The van der Waals surface area contributed by atoms with Crippen LogP contribution in [0.5, 0.6) is 5.75 Å². The number of likely N-dealkylation sites (tertiary alicyclic amines) is 1. The number of benzene rings is 2. The van der Waals surface area contributed by atoms with Crippen LogP contribution in [0, 0.1) is 0 Å². The molecule has 4 nitrogen and oxygen atoms in total. The van der Waals surface area contributed by atoms with E-state index in [1.165, 1.54) is 25.3 Å². The lowest BCUT2D eigenvalue weighted by atomic mass is 9.91. The zero-order chi connectivity index (χ0) is 20.5. The Morgan fingerprint density at radius 3 is 2.61 bits per heavy atom. The highest BCUT2D eigenvalue weighted by molar-refractivity contribution is 9.10. The first-order chi connectivity index (χ1) is 13.2. The summed E-state index contributed by atoms with van der Waals surface area (Å²) < 4.78 is 47.3. The molecule has 1 aliphatic heterocycles. The van der Waals surface area contributed by atoms with Gasteiger partial charge in [0.1, 0.15) is 11.8 Å². The molecule has 0 amide bonds. The third-order valence-corrected chi connectivity index (χ3v) is 5.45. The number of methoxy groups -OCH3 is 1. The summed E-state index contributed by atoms with van der Waals surface area (Å²) in [7, 11) is 1.44. The van der Waals surface area contributed by atoms with E-state index in [-0.39, 0.29) is 5.56 Å². The van der Waals surface area contributed by atoms with E-state index < -0.39 is 29.8 Å². The van der Waals surface area contributed by atoms with Crippen molar-refractivity contribution in [3.8, 4) is 5.75 Å². The van der Waals surface area contributed by atoms with Gasteiger partial charge in [0.15, 0.2) is 0 Å². The van der Waals surface area contributed by atoms with Gasteiger partial charge in [0.25, 0.3) is 0 Å². The molecule has 28 heavy (non-hydrogen) atoms. The molecular formula is C20H19BrF3NO3. The quantitative estimate of drug-likeness (QED) is 0.677. The predicted octanol–water partition coefficient (Wildman–Crippen LogP) is 5.11. The van der Waals surface area contributed by atoms with Crippen molar-refractivity contribution >= 4 is 21.9 Å². The van der Waals surface area contributed by atoms with Crippen LogP contribution in [0.4, 0.5) is 13.2 Å². The van der Waals surface area contributed by atoms with Crippen molar-refractivity contribution in [1.82, 2.24) is 4.90 Å². The standard InChI is InChI=1S/C20H19BrF3NO3/c1-28-17-9-8-12(21)11-14(17)18(25-10-4-7-16(25)19(26)27)13-5-2-3-6-15(13)20(22,23)24/h2-3,5-6,8-9,11,16,18H,4,7,10H2,1H3,(H,26,27). The molecule has 0 aliphatic carbocycles. The summed E-state index contributed by atoms with van der Waals surface area (Å²) in [6.45, 7) is 0.378. The molecule has 1 aliphatic rings. The fraction of sp³-hybridized carbons (Fsp3) is 0.350. The second-order valence-corrected chi connectivity index (χ2v) is 7.52. The Balaban J connectivity index is 2.26. The molecule has 1 heterocycles. The van der Waals surface area contributed by atoms with Gasteiger partial charge in [0.2, 0.25) is 0 Å². The summed E-state index contributed by atoms with van der Waals surface area (Å²) in [6.07, 6.45) is -3.58. The van der Waals surface area contributed by atoms with Crippen molar-refractivity contribution in [1.29, 1.82) is 0 Å². The van der Waals surface area contributed by atoms with E-state index in [2.05, 4.69) is 15.9 Å². The third kappa shape index (κ3) is 4.03. The van der Waals surface area contributed by atoms with E-state index in [1.807, 2.05) is 0 Å².